The maximum Gasteiger partial charge on any atom is 0.141 e. The van der Waals surface area contributed by atoms with E-state index in [9.17, 15) is 0 Å². The Balaban J connectivity index is 2.17. The Labute approximate surface area is 89.6 Å². The quantitative estimate of drug-likeness (QED) is 0.574. The molecule has 0 aliphatic heterocycles. The van der Waals surface area contributed by atoms with Gasteiger partial charge in [0.25, 0.3) is 0 Å². The lowest BCUT2D eigenvalue weighted by Gasteiger charge is -2.22. The van der Waals surface area contributed by atoms with Crippen molar-refractivity contribution in [1.29, 1.82) is 5.41 Å². The zero-order chi connectivity index (χ0) is 10.8. The first-order valence-electron chi connectivity index (χ1n) is 5.29. The Kier molecular flexibility index (Phi) is 2.58. The normalized spacial score (nSPS) is 15.0. The third kappa shape index (κ3) is 2.09. The number of rotatable bonds is 4. The monoisotopic (exact) mass is 204 g/mol. The molecule has 0 radical (unpaired) electrons. The van der Waals surface area contributed by atoms with Gasteiger partial charge in [-0.05, 0) is 31.9 Å². The molecule has 0 saturated heterocycles. The van der Waals surface area contributed by atoms with Crippen LogP contribution in [0.4, 0.5) is 5.69 Å². The smallest absolute Gasteiger partial charge is 0.141 e. The minimum Gasteiger partial charge on any atom is -0.382 e. The van der Waals surface area contributed by atoms with Crippen LogP contribution in [0, 0.1) is 5.41 Å². The highest BCUT2D eigenvalue weighted by Gasteiger charge is 2.28. The molecule has 1 saturated carbocycles. The van der Waals surface area contributed by atoms with Gasteiger partial charge in [0.2, 0.25) is 0 Å². The van der Waals surface area contributed by atoms with E-state index in [0.29, 0.717) is 11.7 Å². The van der Waals surface area contributed by atoms with Gasteiger partial charge in [0, 0.05) is 12.6 Å². The lowest BCUT2D eigenvalue weighted by Crippen LogP contribution is -2.25. The van der Waals surface area contributed by atoms with Crippen molar-refractivity contribution in [1.82, 2.24) is 4.98 Å². The number of hydrogen-bond donors (Lipinski definition) is 2. The third-order valence-corrected chi connectivity index (χ3v) is 2.68. The van der Waals surface area contributed by atoms with Crippen molar-refractivity contribution in [3.8, 4) is 0 Å². The summed E-state index contributed by atoms with van der Waals surface area (Å²) < 4.78 is 0. The number of hydrogen-bond acceptors (Lipinski definition) is 3. The molecule has 0 atom stereocenters. The van der Waals surface area contributed by atoms with Crippen molar-refractivity contribution in [3.05, 3.63) is 24.0 Å². The number of nitrogen functional groups attached to an aromatic ring is 1. The van der Waals surface area contributed by atoms with E-state index in [4.69, 9.17) is 11.1 Å². The second kappa shape index (κ2) is 3.88. The third-order valence-electron chi connectivity index (χ3n) is 2.68. The van der Waals surface area contributed by atoms with E-state index in [0.717, 1.165) is 12.2 Å². The summed E-state index contributed by atoms with van der Waals surface area (Å²) in [7, 11) is 0. The summed E-state index contributed by atoms with van der Waals surface area (Å²) in [6.07, 6.45) is 4.36. The van der Waals surface area contributed by atoms with E-state index >= 15 is 0 Å². The van der Waals surface area contributed by atoms with Gasteiger partial charge in [-0.3, -0.25) is 10.4 Å². The maximum atomic E-state index is 7.26. The topological polar surface area (TPSA) is 66.0 Å². The largest absolute Gasteiger partial charge is 0.382 e. The summed E-state index contributed by atoms with van der Waals surface area (Å²) in [6, 6.07) is 4.49. The van der Waals surface area contributed by atoms with Gasteiger partial charge in [0.15, 0.2) is 0 Å². The molecule has 1 fully saturated rings. The number of nitrogens with one attached hydrogen (secondary N) is 1. The summed E-state index contributed by atoms with van der Waals surface area (Å²) in [5, 5.41) is 7.26. The molecule has 15 heavy (non-hydrogen) atoms. The highest BCUT2D eigenvalue weighted by molar-refractivity contribution is 5.93. The molecule has 0 amide bonds. The molecule has 0 aromatic carbocycles. The SMILES string of the molecule is CCN(c1ccc(C(=N)N)nc1)C1CC1. The van der Waals surface area contributed by atoms with Crippen LogP contribution in [-0.4, -0.2) is 23.4 Å². The summed E-state index contributed by atoms with van der Waals surface area (Å²) in [4.78, 5) is 6.51. The van der Waals surface area contributed by atoms with Crippen LogP contribution >= 0.6 is 0 Å². The Morgan fingerprint density at radius 2 is 2.33 bits per heavy atom. The van der Waals surface area contributed by atoms with Crippen LogP contribution < -0.4 is 10.6 Å². The van der Waals surface area contributed by atoms with Crippen LogP contribution in [0.25, 0.3) is 0 Å². The average Bonchev–Trinajstić information content (AvgIpc) is 3.04. The Bertz CT molecular complexity index is 353. The number of amidine groups is 1. The van der Waals surface area contributed by atoms with Crippen molar-refractivity contribution < 1.29 is 0 Å². The number of pyridine rings is 1. The fourth-order valence-corrected chi connectivity index (χ4v) is 1.75. The van der Waals surface area contributed by atoms with E-state index < -0.39 is 0 Å². The molecule has 80 valence electrons. The molecule has 1 heterocycles. The standard InChI is InChI=1S/C11H16N4/c1-2-15(8-3-4-8)9-5-6-10(11(12)13)14-7-9/h5-8H,2-4H2,1H3,(H3,12,13). The summed E-state index contributed by atoms with van der Waals surface area (Å²) in [5.41, 5.74) is 7.03. The molecular weight excluding hydrogens is 188 g/mol. The second-order valence-electron chi connectivity index (χ2n) is 3.83. The molecule has 3 N–H and O–H groups in total. The maximum absolute atomic E-state index is 7.26. The summed E-state index contributed by atoms with van der Waals surface area (Å²) >= 11 is 0. The molecular formula is C11H16N4. The van der Waals surface area contributed by atoms with Crippen molar-refractivity contribution in [2.75, 3.05) is 11.4 Å². The zero-order valence-corrected chi connectivity index (χ0v) is 8.90. The Morgan fingerprint density at radius 3 is 2.73 bits per heavy atom. The zero-order valence-electron chi connectivity index (χ0n) is 8.90. The van der Waals surface area contributed by atoms with E-state index in [1.165, 1.54) is 12.8 Å². The molecule has 4 nitrogen and oxygen atoms in total. The Morgan fingerprint density at radius 1 is 1.60 bits per heavy atom. The van der Waals surface area contributed by atoms with E-state index in [2.05, 4.69) is 16.8 Å². The number of nitrogens with zero attached hydrogens (tertiary/aromatic N) is 2. The second-order valence-corrected chi connectivity index (χ2v) is 3.83. The van der Waals surface area contributed by atoms with Crippen molar-refractivity contribution in [2.24, 2.45) is 5.73 Å². The highest BCUT2D eigenvalue weighted by Crippen LogP contribution is 2.30. The first-order chi connectivity index (χ1) is 7.22. The Hall–Kier alpha value is -1.58. The van der Waals surface area contributed by atoms with Crippen LogP contribution in [0.2, 0.25) is 0 Å². The predicted molar refractivity (Wildman–Crippen MR) is 61.3 cm³/mol. The van der Waals surface area contributed by atoms with Gasteiger partial charge in [-0.2, -0.15) is 0 Å². The van der Waals surface area contributed by atoms with Gasteiger partial charge in [-0.25, -0.2) is 0 Å². The van der Waals surface area contributed by atoms with Gasteiger partial charge in [-0.1, -0.05) is 0 Å². The molecule has 1 aliphatic rings. The number of nitrogens with two attached hydrogens (primary N) is 1. The van der Waals surface area contributed by atoms with Gasteiger partial charge < -0.3 is 10.6 Å². The van der Waals surface area contributed by atoms with Gasteiger partial charge in [0.1, 0.15) is 11.5 Å². The molecule has 4 heteroatoms. The fraction of sp³-hybridized carbons (Fsp3) is 0.455. The number of anilines is 1. The molecule has 1 aromatic heterocycles. The fourth-order valence-electron chi connectivity index (χ4n) is 1.75. The van der Waals surface area contributed by atoms with Crippen LogP contribution in [-0.2, 0) is 0 Å². The van der Waals surface area contributed by atoms with Crippen LogP contribution in [0.1, 0.15) is 25.5 Å². The molecule has 0 spiro atoms. The molecule has 0 unspecified atom stereocenters. The molecule has 1 aromatic rings. The molecule has 2 rings (SSSR count). The van der Waals surface area contributed by atoms with Crippen molar-refractivity contribution in [3.63, 3.8) is 0 Å². The van der Waals surface area contributed by atoms with Crippen molar-refractivity contribution in [2.45, 2.75) is 25.8 Å². The van der Waals surface area contributed by atoms with E-state index in [1.54, 1.807) is 6.20 Å². The molecule has 0 bridgehead atoms. The van der Waals surface area contributed by atoms with Crippen LogP contribution in [0.5, 0.6) is 0 Å². The minimum absolute atomic E-state index is 0.0241. The minimum atomic E-state index is 0.0241. The van der Waals surface area contributed by atoms with Crippen LogP contribution in [0.15, 0.2) is 18.3 Å². The van der Waals surface area contributed by atoms with Crippen molar-refractivity contribution >= 4 is 11.5 Å². The average molecular weight is 204 g/mol. The first-order valence-corrected chi connectivity index (χ1v) is 5.29. The number of aromatic nitrogens is 1. The van der Waals surface area contributed by atoms with Gasteiger partial charge in [0.05, 0.1) is 11.9 Å². The predicted octanol–water partition coefficient (Wildman–Crippen LogP) is 1.35. The van der Waals surface area contributed by atoms with Crippen LogP contribution in [0.3, 0.4) is 0 Å². The summed E-state index contributed by atoms with van der Waals surface area (Å²) in [6.45, 7) is 3.16. The highest BCUT2D eigenvalue weighted by atomic mass is 15.2. The molecule has 1 aliphatic carbocycles. The lowest BCUT2D eigenvalue weighted by molar-refractivity contribution is 0.823. The van der Waals surface area contributed by atoms with Gasteiger partial charge in [-0.15, -0.1) is 0 Å². The first kappa shape index (κ1) is 9.96. The van der Waals surface area contributed by atoms with Gasteiger partial charge >= 0.3 is 0 Å². The summed E-state index contributed by atoms with van der Waals surface area (Å²) in [5.74, 6) is 0.0241. The lowest BCUT2D eigenvalue weighted by atomic mass is 10.3. The van der Waals surface area contributed by atoms with E-state index in [-0.39, 0.29) is 5.84 Å². The van der Waals surface area contributed by atoms with E-state index in [1.807, 2.05) is 12.1 Å².